The minimum atomic E-state index is -0.324. The molecule has 34 heavy (non-hydrogen) atoms. The molecular weight excluding hydrogens is 432 g/mol. The maximum absolute atomic E-state index is 12.8. The van der Waals surface area contributed by atoms with Crippen LogP contribution in [0.4, 0.5) is 5.69 Å². The Morgan fingerprint density at radius 2 is 1.94 bits per heavy atom. The Bertz CT molecular complexity index is 1330. The molecule has 0 fully saturated rings. The fraction of sp³-hybridized carbons (Fsp3) is 0.222. The van der Waals surface area contributed by atoms with Gasteiger partial charge in [-0.3, -0.25) is 9.78 Å². The van der Waals surface area contributed by atoms with Crippen molar-refractivity contribution >= 4 is 23.5 Å². The van der Waals surface area contributed by atoms with Crippen LogP contribution in [-0.4, -0.2) is 30.6 Å². The second kappa shape index (κ2) is 9.02. The number of ketones is 1. The van der Waals surface area contributed by atoms with E-state index in [2.05, 4.69) is 16.4 Å². The average molecular weight is 456 g/mol. The number of anilines is 1. The van der Waals surface area contributed by atoms with Crippen LogP contribution in [0.2, 0.25) is 0 Å². The molecule has 1 aliphatic heterocycles. The molecule has 0 amide bonds. The number of aromatic nitrogens is 1. The lowest BCUT2D eigenvalue weighted by atomic mass is 9.98. The lowest BCUT2D eigenvalue weighted by Crippen LogP contribution is -2.07. The molecule has 5 rings (SSSR count). The molecular formula is C27H24N2O5. The summed E-state index contributed by atoms with van der Waals surface area (Å²) in [6.45, 7) is 2.82. The van der Waals surface area contributed by atoms with Crippen LogP contribution in [0, 0.1) is 6.92 Å². The summed E-state index contributed by atoms with van der Waals surface area (Å²) in [4.78, 5) is 29.1. The van der Waals surface area contributed by atoms with Gasteiger partial charge in [-0.1, -0.05) is 18.2 Å². The van der Waals surface area contributed by atoms with Gasteiger partial charge in [0.1, 0.15) is 0 Å². The van der Waals surface area contributed by atoms with E-state index in [-0.39, 0.29) is 18.5 Å². The summed E-state index contributed by atoms with van der Waals surface area (Å²) in [5, 5.41) is 3.41. The highest BCUT2D eigenvalue weighted by molar-refractivity contribution is 5.98. The number of nitrogens with zero attached hydrogens (tertiary/aromatic N) is 1. The predicted octanol–water partition coefficient (Wildman–Crippen LogP) is 4.27. The van der Waals surface area contributed by atoms with Gasteiger partial charge in [0.05, 0.1) is 24.7 Å². The van der Waals surface area contributed by atoms with E-state index in [4.69, 9.17) is 14.2 Å². The van der Waals surface area contributed by atoms with E-state index in [9.17, 15) is 9.59 Å². The van der Waals surface area contributed by atoms with E-state index in [1.807, 2.05) is 31.2 Å². The molecule has 1 aliphatic carbocycles. The zero-order valence-corrected chi connectivity index (χ0v) is 19.0. The lowest BCUT2D eigenvalue weighted by molar-refractivity contribution is -0.136. The van der Waals surface area contributed by atoms with E-state index in [0.717, 1.165) is 33.6 Å². The standard InChI is InChI=1S/C27H24N2O5/c1-16-3-4-17(8-24(30)18-5-6-25-26(12-18)34-15-33-25)7-21(16)13-28-22-10-19-9-20(27(31)32-2)11-23(19)29-14-22/h3-7,9-10,12,14,28H,8,11,13,15H2,1-2H3. The smallest absolute Gasteiger partial charge is 0.334 e. The zero-order chi connectivity index (χ0) is 23.7. The van der Waals surface area contributed by atoms with Crippen molar-refractivity contribution in [2.45, 2.75) is 26.3 Å². The zero-order valence-electron chi connectivity index (χ0n) is 19.0. The third-order valence-corrected chi connectivity index (χ3v) is 6.09. The molecule has 3 aromatic rings. The van der Waals surface area contributed by atoms with E-state index in [1.165, 1.54) is 7.11 Å². The van der Waals surface area contributed by atoms with Crippen LogP contribution in [-0.2, 0) is 28.9 Å². The second-order valence-electron chi connectivity index (χ2n) is 8.38. The summed E-state index contributed by atoms with van der Waals surface area (Å²) < 4.78 is 15.5. The van der Waals surface area contributed by atoms with Crippen LogP contribution in [0.5, 0.6) is 11.5 Å². The number of aryl methyl sites for hydroxylation is 1. The lowest BCUT2D eigenvalue weighted by Gasteiger charge is -2.12. The summed E-state index contributed by atoms with van der Waals surface area (Å²) in [6.07, 6.45) is 4.39. The number of carbonyl (C=O) groups excluding carboxylic acids is 2. The van der Waals surface area contributed by atoms with Crippen LogP contribution in [0.15, 0.2) is 54.2 Å². The highest BCUT2D eigenvalue weighted by atomic mass is 16.7. The molecule has 1 aromatic heterocycles. The Hall–Kier alpha value is -4.13. The number of ether oxygens (including phenoxy) is 3. The number of pyridine rings is 1. The molecule has 172 valence electrons. The van der Waals surface area contributed by atoms with Crippen molar-refractivity contribution < 1.29 is 23.8 Å². The normalized spacial score (nSPS) is 13.3. The molecule has 2 aliphatic rings. The van der Waals surface area contributed by atoms with Crippen molar-refractivity contribution in [2.24, 2.45) is 0 Å². The van der Waals surface area contributed by atoms with Crippen molar-refractivity contribution in [3.05, 3.63) is 87.7 Å². The number of carbonyl (C=O) groups is 2. The largest absolute Gasteiger partial charge is 0.466 e. The second-order valence-corrected chi connectivity index (χ2v) is 8.38. The Kier molecular flexibility index (Phi) is 5.76. The molecule has 0 saturated carbocycles. The van der Waals surface area contributed by atoms with Crippen molar-refractivity contribution in [1.82, 2.24) is 4.98 Å². The first-order chi connectivity index (χ1) is 16.5. The van der Waals surface area contributed by atoms with Crippen LogP contribution < -0.4 is 14.8 Å². The molecule has 0 radical (unpaired) electrons. The quantitative estimate of drug-likeness (QED) is 0.420. The first-order valence-corrected chi connectivity index (χ1v) is 11.0. The van der Waals surface area contributed by atoms with Gasteiger partial charge in [0, 0.05) is 30.5 Å². The Labute approximate surface area is 197 Å². The van der Waals surface area contributed by atoms with Crippen LogP contribution >= 0.6 is 0 Å². The summed E-state index contributed by atoms with van der Waals surface area (Å²) in [7, 11) is 1.38. The van der Waals surface area contributed by atoms with Gasteiger partial charge in [0.2, 0.25) is 6.79 Å². The number of benzene rings is 2. The minimum absolute atomic E-state index is 0.0251. The van der Waals surface area contributed by atoms with Crippen LogP contribution in [0.3, 0.4) is 0 Å². The first kappa shape index (κ1) is 21.7. The van der Waals surface area contributed by atoms with Crippen molar-refractivity contribution in [1.29, 1.82) is 0 Å². The maximum Gasteiger partial charge on any atom is 0.334 e. The number of methoxy groups -OCH3 is 1. The van der Waals surface area contributed by atoms with Gasteiger partial charge < -0.3 is 19.5 Å². The fourth-order valence-electron chi connectivity index (χ4n) is 4.14. The molecule has 0 spiro atoms. The number of Topliss-reactive ketones (excluding diaryl/α,β-unsaturated/α-hetero) is 1. The molecule has 1 N–H and O–H groups in total. The fourth-order valence-corrected chi connectivity index (χ4v) is 4.14. The maximum atomic E-state index is 12.8. The average Bonchev–Trinajstić information content (AvgIpc) is 3.49. The number of rotatable bonds is 7. The van der Waals surface area contributed by atoms with Gasteiger partial charge in [0.25, 0.3) is 0 Å². The molecule has 0 atom stereocenters. The third kappa shape index (κ3) is 4.37. The summed E-state index contributed by atoms with van der Waals surface area (Å²) in [5.74, 6) is 0.974. The van der Waals surface area contributed by atoms with Crippen LogP contribution in [0.25, 0.3) is 6.08 Å². The topological polar surface area (TPSA) is 86.8 Å². The molecule has 0 saturated heterocycles. The molecule has 0 unspecified atom stereocenters. The molecule has 0 bridgehead atoms. The molecule has 7 nitrogen and oxygen atoms in total. The minimum Gasteiger partial charge on any atom is -0.466 e. The van der Waals surface area contributed by atoms with Gasteiger partial charge >= 0.3 is 5.97 Å². The van der Waals surface area contributed by atoms with Gasteiger partial charge in [-0.2, -0.15) is 0 Å². The number of fused-ring (bicyclic) bond motifs is 2. The number of esters is 1. The Morgan fingerprint density at radius 3 is 2.79 bits per heavy atom. The Morgan fingerprint density at radius 1 is 1.09 bits per heavy atom. The molecule has 7 heteroatoms. The molecule has 2 aromatic carbocycles. The Balaban J connectivity index is 1.26. The highest BCUT2D eigenvalue weighted by Gasteiger charge is 2.20. The van der Waals surface area contributed by atoms with E-state index >= 15 is 0 Å². The van der Waals surface area contributed by atoms with Crippen LogP contribution in [0.1, 0.15) is 38.3 Å². The van der Waals surface area contributed by atoms with Gasteiger partial charge in [-0.05, 0) is 59.5 Å². The van der Waals surface area contributed by atoms with Crippen molar-refractivity contribution in [3.8, 4) is 11.5 Å². The molecule has 2 heterocycles. The third-order valence-electron chi connectivity index (χ3n) is 6.09. The SMILES string of the molecule is COC(=O)C1=Cc2cc(NCc3cc(CC(=O)c4ccc5c(c4)OCO5)ccc3C)cnc2C1. The number of hydrogen-bond acceptors (Lipinski definition) is 7. The van der Waals surface area contributed by atoms with Gasteiger partial charge in [-0.15, -0.1) is 0 Å². The highest BCUT2D eigenvalue weighted by Crippen LogP contribution is 2.33. The van der Waals surface area contributed by atoms with Gasteiger partial charge in [-0.25, -0.2) is 4.79 Å². The predicted molar refractivity (Wildman–Crippen MR) is 127 cm³/mol. The van der Waals surface area contributed by atoms with E-state index in [1.54, 1.807) is 24.4 Å². The summed E-state index contributed by atoms with van der Waals surface area (Å²) >= 11 is 0. The van der Waals surface area contributed by atoms with Gasteiger partial charge in [0.15, 0.2) is 17.3 Å². The summed E-state index contributed by atoms with van der Waals surface area (Å²) in [6, 6.07) is 13.3. The monoisotopic (exact) mass is 456 g/mol. The number of nitrogens with one attached hydrogen (secondary N) is 1. The first-order valence-electron chi connectivity index (χ1n) is 11.0. The summed E-state index contributed by atoms with van der Waals surface area (Å²) in [5.41, 5.74) is 7.04. The van der Waals surface area contributed by atoms with Crippen molar-refractivity contribution in [2.75, 3.05) is 19.2 Å². The van der Waals surface area contributed by atoms with Crippen molar-refractivity contribution in [3.63, 3.8) is 0 Å². The number of hydrogen-bond donors (Lipinski definition) is 1. The van der Waals surface area contributed by atoms with E-state index < -0.39 is 0 Å². The van der Waals surface area contributed by atoms with E-state index in [0.29, 0.717) is 42.0 Å².